The van der Waals surface area contributed by atoms with E-state index in [4.69, 9.17) is 23.2 Å². The van der Waals surface area contributed by atoms with Crippen molar-refractivity contribution in [1.29, 1.82) is 0 Å². The van der Waals surface area contributed by atoms with E-state index in [1.54, 1.807) is 12.1 Å². The third-order valence-corrected chi connectivity index (χ3v) is 5.51. The number of barbiturate groups is 1. The van der Waals surface area contributed by atoms with Crippen LogP contribution in [0, 0.1) is 0 Å². The first-order chi connectivity index (χ1) is 15.3. The molecule has 0 spiro atoms. The van der Waals surface area contributed by atoms with Gasteiger partial charge in [-0.05, 0) is 60.7 Å². The zero-order chi connectivity index (χ0) is 23.0. The Labute approximate surface area is 194 Å². The maximum Gasteiger partial charge on any atom is 0.335 e. The lowest BCUT2D eigenvalue weighted by atomic mass is 10.1. The van der Waals surface area contributed by atoms with E-state index in [-0.39, 0.29) is 16.3 Å². The lowest BCUT2D eigenvalue weighted by Crippen LogP contribution is -2.54. The number of nitrogens with zero attached hydrogens (tertiary/aromatic N) is 3. The fourth-order valence-electron chi connectivity index (χ4n) is 3.34. The van der Waals surface area contributed by atoms with Gasteiger partial charge in [-0.1, -0.05) is 23.2 Å². The summed E-state index contributed by atoms with van der Waals surface area (Å²) in [4.78, 5) is 40.9. The summed E-state index contributed by atoms with van der Waals surface area (Å²) in [6.45, 7) is 0. The number of urea groups is 1. The highest BCUT2D eigenvalue weighted by Gasteiger charge is 2.37. The molecule has 2 aromatic carbocycles. The van der Waals surface area contributed by atoms with Crippen LogP contribution >= 0.6 is 23.2 Å². The molecule has 1 aliphatic heterocycles. The van der Waals surface area contributed by atoms with E-state index in [1.165, 1.54) is 24.3 Å². The van der Waals surface area contributed by atoms with Crippen molar-refractivity contribution in [3.63, 3.8) is 0 Å². The average molecular weight is 469 g/mol. The molecule has 2 heterocycles. The number of imide groups is 2. The minimum atomic E-state index is -0.879. The number of benzene rings is 2. The van der Waals surface area contributed by atoms with Gasteiger partial charge in [-0.3, -0.25) is 14.9 Å². The van der Waals surface area contributed by atoms with Crippen LogP contribution in [-0.4, -0.2) is 36.5 Å². The Kier molecular flexibility index (Phi) is 5.78. The van der Waals surface area contributed by atoms with Crippen molar-refractivity contribution in [2.75, 3.05) is 23.9 Å². The van der Waals surface area contributed by atoms with Gasteiger partial charge in [0.2, 0.25) is 0 Å². The van der Waals surface area contributed by atoms with Gasteiger partial charge in [-0.2, -0.15) is 0 Å². The van der Waals surface area contributed by atoms with Crippen LogP contribution in [0.15, 0.2) is 66.4 Å². The zero-order valence-corrected chi connectivity index (χ0v) is 18.7. The number of aromatic nitrogens is 1. The second-order valence-corrected chi connectivity index (χ2v) is 8.11. The number of anilines is 2. The molecule has 1 saturated heterocycles. The van der Waals surface area contributed by atoms with Gasteiger partial charge in [0.1, 0.15) is 5.57 Å². The second-order valence-electron chi connectivity index (χ2n) is 7.27. The Morgan fingerprint density at radius 2 is 1.69 bits per heavy atom. The van der Waals surface area contributed by atoms with Crippen molar-refractivity contribution in [3.8, 4) is 5.69 Å². The SMILES string of the molecule is CN(C)c1ccc(-n2cccc2/C=C2\C(=O)NC(=O)N(c3ccc(Cl)cc3Cl)C2=O)cc1. The highest BCUT2D eigenvalue weighted by atomic mass is 35.5. The molecule has 1 N–H and O–H groups in total. The molecule has 4 amide bonds. The molecule has 0 aliphatic carbocycles. The molecule has 32 heavy (non-hydrogen) atoms. The lowest BCUT2D eigenvalue weighted by molar-refractivity contribution is -0.122. The van der Waals surface area contributed by atoms with Crippen LogP contribution < -0.4 is 15.1 Å². The smallest absolute Gasteiger partial charge is 0.335 e. The molecule has 7 nitrogen and oxygen atoms in total. The van der Waals surface area contributed by atoms with Crippen molar-refractivity contribution in [2.24, 2.45) is 0 Å². The average Bonchev–Trinajstić information content (AvgIpc) is 3.21. The Bertz CT molecular complexity index is 1260. The first-order valence-corrected chi connectivity index (χ1v) is 10.3. The summed E-state index contributed by atoms with van der Waals surface area (Å²) < 4.78 is 1.84. The fourth-order valence-corrected chi connectivity index (χ4v) is 3.84. The molecule has 162 valence electrons. The maximum atomic E-state index is 13.1. The summed E-state index contributed by atoms with van der Waals surface area (Å²) >= 11 is 12.1. The van der Waals surface area contributed by atoms with Crippen LogP contribution in [-0.2, 0) is 9.59 Å². The van der Waals surface area contributed by atoms with Gasteiger partial charge in [-0.25, -0.2) is 9.69 Å². The minimum absolute atomic E-state index is 0.110. The van der Waals surface area contributed by atoms with Gasteiger partial charge >= 0.3 is 6.03 Å². The summed E-state index contributed by atoms with van der Waals surface area (Å²) in [7, 11) is 3.90. The molecule has 0 atom stereocenters. The number of carbonyl (C=O) groups is 3. The molecule has 9 heteroatoms. The summed E-state index contributed by atoms with van der Waals surface area (Å²) in [5.74, 6) is -1.56. The van der Waals surface area contributed by atoms with Crippen LogP contribution in [0.3, 0.4) is 0 Å². The summed E-state index contributed by atoms with van der Waals surface area (Å²) in [6.07, 6.45) is 3.27. The number of nitrogens with one attached hydrogen (secondary N) is 1. The van der Waals surface area contributed by atoms with Gasteiger partial charge in [-0.15, -0.1) is 0 Å². The van der Waals surface area contributed by atoms with E-state index < -0.39 is 17.8 Å². The molecule has 0 unspecified atom stereocenters. The Morgan fingerprint density at radius 1 is 0.969 bits per heavy atom. The van der Waals surface area contributed by atoms with Gasteiger partial charge in [0.05, 0.1) is 10.7 Å². The van der Waals surface area contributed by atoms with Crippen LogP contribution in [0.25, 0.3) is 11.8 Å². The number of amides is 4. The monoisotopic (exact) mass is 468 g/mol. The van der Waals surface area contributed by atoms with Gasteiger partial charge < -0.3 is 9.47 Å². The molecule has 0 radical (unpaired) electrons. The zero-order valence-electron chi connectivity index (χ0n) is 17.2. The Hall–Kier alpha value is -3.55. The topological polar surface area (TPSA) is 74.7 Å². The van der Waals surface area contributed by atoms with Gasteiger partial charge in [0, 0.05) is 42.4 Å². The molecule has 1 aliphatic rings. The van der Waals surface area contributed by atoms with Crippen LogP contribution in [0.5, 0.6) is 0 Å². The molecule has 0 saturated carbocycles. The van der Waals surface area contributed by atoms with Gasteiger partial charge in [0.25, 0.3) is 11.8 Å². The normalized spacial score (nSPS) is 15.3. The number of rotatable bonds is 4. The van der Waals surface area contributed by atoms with E-state index in [0.29, 0.717) is 10.7 Å². The first kappa shape index (κ1) is 21.7. The molecular weight excluding hydrogens is 451 g/mol. The van der Waals surface area contributed by atoms with E-state index in [2.05, 4.69) is 5.32 Å². The Morgan fingerprint density at radius 3 is 2.34 bits per heavy atom. The van der Waals surface area contributed by atoms with Crippen LogP contribution in [0.1, 0.15) is 5.69 Å². The number of carbonyl (C=O) groups excluding carboxylic acids is 3. The fraction of sp³-hybridized carbons (Fsp3) is 0.0870. The van der Waals surface area contributed by atoms with E-state index in [1.807, 2.05) is 54.0 Å². The summed E-state index contributed by atoms with van der Waals surface area (Å²) in [5, 5.41) is 2.66. The molecule has 1 fully saturated rings. The number of hydrogen-bond donors (Lipinski definition) is 1. The molecule has 0 bridgehead atoms. The predicted molar refractivity (Wildman–Crippen MR) is 126 cm³/mol. The van der Waals surface area contributed by atoms with E-state index >= 15 is 0 Å². The van der Waals surface area contributed by atoms with Crippen molar-refractivity contribution in [1.82, 2.24) is 9.88 Å². The van der Waals surface area contributed by atoms with Crippen molar-refractivity contribution in [2.45, 2.75) is 0 Å². The number of halogens is 2. The standard InChI is InChI=1S/C23H18Cl2N4O3/c1-27(2)15-6-8-16(9-7-15)28-11-3-4-17(28)13-18-21(30)26-23(32)29(22(18)31)20-10-5-14(24)12-19(20)25/h3-13H,1-2H3,(H,26,30,32)/b18-13+. The Balaban J connectivity index is 1.73. The highest BCUT2D eigenvalue weighted by molar-refractivity contribution is 6.42. The summed E-state index contributed by atoms with van der Waals surface area (Å²) in [5.41, 5.74) is 2.42. The second kappa shape index (κ2) is 8.53. The van der Waals surface area contributed by atoms with Crippen LogP contribution in [0.4, 0.5) is 16.2 Å². The first-order valence-electron chi connectivity index (χ1n) is 9.58. The maximum absolute atomic E-state index is 13.1. The molecular formula is C23H18Cl2N4O3. The lowest BCUT2D eigenvalue weighted by Gasteiger charge is -2.27. The van der Waals surface area contributed by atoms with E-state index in [9.17, 15) is 14.4 Å². The minimum Gasteiger partial charge on any atom is -0.378 e. The van der Waals surface area contributed by atoms with Crippen LogP contribution in [0.2, 0.25) is 10.0 Å². The van der Waals surface area contributed by atoms with Crippen molar-refractivity contribution < 1.29 is 14.4 Å². The predicted octanol–water partition coefficient (Wildman–Crippen LogP) is 4.52. The third kappa shape index (κ3) is 4.00. The summed E-state index contributed by atoms with van der Waals surface area (Å²) in [6, 6.07) is 14.9. The van der Waals surface area contributed by atoms with Gasteiger partial charge in [0.15, 0.2) is 0 Å². The number of hydrogen-bond acceptors (Lipinski definition) is 4. The third-order valence-electron chi connectivity index (χ3n) is 4.97. The molecule has 1 aromatic heterocycles. The largest absolute Gasteiger partial charge is 0.378 e. The molecule has 4 rings (SSSR count). The van der Waals surface area contributed by atoms with E-state index in [0.717, 1.165) is 16.3 Å². The molecule has 3 aromatic rings. The quantitative estimate of drug-likeness (QED) is 0.451. The van der Waals surface area contributed by atoms with Crippen molar-refractivity contribution in [3.05, 3.63) is 82.1 Å². The highest BCUT2D eigenvalue weighted by Crippen LogP contribution is 2.31. The van der Waals surface area contributed by atoms with Crippen molar-refractivity contribution >= 4 is 58.5 Å².